The normalized spacial score (nSPS) is 11.5. The van der Waals surface area contributed by atoms with Gasteiger partial charge in [0.25, 0.3) is 5.91 Å². The van der Waals surface area contributed by atoms with Gasteiger partial charge in [-0.05, 0) is 50.2 Å². The van der Waals surface area contributed by atoms with Crippen molar-refractivity contribution in [2.24, 2.45) is 0 Å². The van der Waals surface area contributed by atoms with E-state index in [1.807, 2.05) is 6.92 Å². The van der Waals surface area contributed by atoms with E-state index in [1.54, 1.807) is 56.5 Å². The van der Waals surface area contributed by atoms with Crippen molar-refractivity contribution < 1.29 is 19.1 Å². The predicted molar refractivity (Wildman–Crippen MR) is 114 cm³/mol. The molecule has 1 N–H and O–H groups in total. The monoisotopic (exact) mass is 438 g/mol. The molecule has 8 heteroatoms. The number of ether oxygens (including phenoxy) is 2. The Bertz CT molecular complexity index is 823. The van der Waals surface area contributed by atoms with Gasteiger partial charge in [0, 0.05) is 28.7 Å². The lowest BCUT2D eigenvalue weighted by Gasteiger charge is -2.29. The molecule has 0 spiro atoms. The molecular formula is C21H24Cl2N2O4. The first kappa shape index (κ1) is 22.8. The standard InChI is InChI=1S/C21H24Cl2N2O4/c1-4-24-21(27)14(2)25(12-17-18(22)6-5-7-19(17)23)20(26)13-29-16-10-8-15(28-3)9-11-16/h5-11,14H,4,12-13H2,1-3H3,(H,24,27)/t14-/m1/s1. The average molecular weight is 439 g/mol. The first-order valence-electron chi connectivity index (χ1n) is 9.14. The van der Waals surface area contributed by atoms with Gasteiger partial charge in [0.1, 0.15) is 17.5 Å². The van der Waals surface area contributed by atoms with Crippen molar-refractivity contribution in [3.05, 3.63) is 58.1 Å². The maximum Gasteiger partial charge on any atom is 0.261 e. The molecule has 0 saturated heterocycles. The van der Waals surface area contributed by atoms with Gasteiger partial charge in [-0.3, -0.25) is 9.59 Å². The number of hydrogen-bond acceptors (Lipinski definition) is 4. The summed E-state index contributed by atoms with van der Waals surface area (Å²) in [4.78, 5) is 26.7. The summed E-state index contributed by atoms with van der Waals surface area (Å²) in [7, 11) is 1.57. The summed E-state index contributed by atoms with van der Waals surface area (Å²) in [6.07, 6.45) is 0. The van der Waals surface area contributed by atoms with E-state index in [0.717, 1.165) is 0 Å². The van der Waals surface area contributed by atoms with Crippen LogP contribution in [0.15, 0.2) is 42.5 Å². The Kier molecular flexibility index (Phi) is 8.61. The first-order valence-corrected chi connectivity index (χ1v) is 9.89. The van der Waals surface area contributed by atoms with Crippen molar-refractivity contribution in [1.29, 1.82) is 0 Å². The molecule has 29 heavy (non-hydrogen) atoms. The van der Waals surface area contributed by atoms with E-state index in [4.69, 9.17) is 32.7 Å². The van der Waals surface area contributed by atoms with Crippen molar-refractivity contribution in [1.82, 2.24) is 10.2 Å². The average Bonchev–Trinajstić information content (AvgIpc) is 2.72. The van der Waals surface area contributed by atoms with Gasteiger partial charge < -0.3 is 19.7 Å². The van der Waals surface area contributed by atoms with Gasteiger partial charge in [-0.15, -0.1) is 0 Å². The quantitative estimate of drug-likeness (QED) is 0.643. The van der Waals surface area contributed by atoms with E-state index >= 15 is 0 Å². The number of amides is 2. The molecule has 1 atom stereocenters. The number of nitrogens with one attached hydrogen (secondary N) is 1. The Morgan fingerprint density at radius 1 is 1.07 bits per heavy atom. The molecule has 0 fully saturated rings. The summed E-state index contributed by atoms with van der Waals surface area (Å²) in [5.41, 5.74) is 0.574. The Labute approximate surface area is 180 Å². The zero-order chi connectivity index (χ0) is 21.4. The third-order valence-corrected chi connectivity index (χ3v) is 5.04. The minimum absolute atomic E-state index is 0.0849. The molecule has 2 aromatic rings. The van der Waals surface area contributed by atoms with Gasteiger partial charge in [0.05, 0.1) is 7.11 Å². The lowest BCUT2D eigenvalue weighted by Crippen LogP contribution is -2.49. The second-order valence-corrected chi connectivity index (χ2v) is 7.07. The Morgan fingerprint density at radius 2 is 1.66 bits per heavy atom. The molecule has 2 aromatic carbocycles. The Hall–Kier alpha value is -2.44. The van der Waals surface area contributed by atoms with Crippen LogP contribution in [-0.2, 0) is 16.1 Å². The van der Waals surface area contributed by atoms with Crippen LogP contribution in [0.3, 0.4) is 0 Å². The van der Waals surface area contributed by atoms with Crippen molar-refractivity contribution in [2.75, 3.05) is 20.3 Å². The second-order valence-electron chi connectivity index (χ2n) is 6.26. The number of hydrogen-bond donors (Lipinski definition) is 1. The van der Waals surface area contributed by atoms with Crippen LogP contribution in [0, 0.1) is 0 Å². The smallest absolute Gasteiger partial charge is 0.261 e. The van der Waals surface area contributed by atoms with Crippen molar-refractivity contribution in [3.63, 3.8) is 0 Å². The van der Waals surface area contributed by atoms with Crippen molar-refractivity contribution in [2.45, 2.75) is 26.4 Å². The maximum atomic E-state index is 12.9. The van der Waals surface area contributed by atoms with Crippen LogP contribution in [0.4, 0.5) is 0 Å². The summed E-state index contributed by atoms with van der Waals surface area (Å²) < 4.78 is 10.7. The summed E-state index contributed by atoms with van der Waals surface area (Å²) in [5.74, 6) is 0.563. The number of rotatable bonds is 9. The highest BCUT2D eigenvalue weighted by Gasteiger charge is 2.27. The van der Waals surface area contributed by atoms with Gasteiger partial charge in [-0.2, -0.15) is 0 Å². The largest absolute Gasteiger partial charge is 0.497 e. The number of carbonyl (C=O) groups excluding carboxylic acids is 2. The van der Waals surface area contributed by atoms with Crippen LogP contribution in [-0.4, -0.2) is 43.0 Å². The predicted octanol–water partition coefficient (Wildman–Crippen LogP) is 3.93. The van der Waals surface area contributed by atoms with Gasteiger partial charge >= 0.3 is 0 Å². The van der Waals surface area contributed by atoms with Crippen LogP contribution in [0.5, 0.6) is 11.5 Å². The highest BCUT2D eigenvalue weighted by Crippen LogP contribution is 2.26. The van der Waals surface area contributed by atoms with E-state index in [0.29, 0.717) is 33.7 Å². The molecule has 0 saturated carbocycles. The fourth-order valence-corrected chi connectivity index (χ4v) is 3.18. The number of carbonyl (C=O) groups is 2. The molecule has 0 aliphatic heterocycles. The molecule has 0 bridgehead atoms. The van der Waals surface area contributed by atoms with Crippen molar-refractivity contribution in [3.8, 4) is 11.5 Å². The number of halogens is 2. The molecule has 0 heterocycles. The van der Waals surface area contributed by atoms with Gasteiger partial charge in [0.2, 0.25) is 5.91 Å². The van der Waals surface area contributed by atoms with E-state index in [2.05, 4.69) is 5.32 Å². The van der Waals surface area contributed by atoms with Gasteiger partial charge in [-0.25, -0.2) is 0 Å². The maximum absolute atomic E-state index is 12.9. The molecule has 156 valence electrons. The van der Waals surface area contributed by atoms with Crippen LogP contribution in [0.25, 0.3) is 0 Å². The van der Waals surface area contributed by atoms with Crippen LogP contribution >= 0.6 is 23.2 Å². The van der Waals surface area contributed by atoms with Crippen LogP contribution < -0.4 is 14.8 Å². The minimum atomic E-state index is -0.728. The van der Waals surface area contributed by atoms with E-state index < -0.39 is 6.04 Å². The number of benzene rings is 2. The number of methoxy groups -OCH3 is 1. The molecule has 2 rings (SSSR count). The fourth-order valence-electron chi connectivity index (χ4n) is 2.66. The minimum Gasteiger partial charge on any atom is -0.497 e. The van der Waals surface area contributed by atoms with E-state index in [1.165, 1.54) is 4.90 Å². The highest BCUT2D eigenvalue weighted by molar-refractivity contribution is 6.36. The molecule has 0 aromatic heterocycles. The molecular weight excluding hydrogens is 415 g/mol. The van der Waals surface area contributed by atoms with Crippen LogP contribution in [0.1, 0.15) is 19.4 Å². The summed E-state index contributed by atoms with van der Waals surface area (Å²) >= 11 is 12.5. The number of likely N-dealkylation sites (N-methyl/N-ethyl adjacent to an activating group) is 1. The first-order chi connectivity index (χ1) is 13.9. The third-order valence-electron chi connectivity index (χ3n) is 4.33. The molecule has 0 aliphatic rings. The summed E-state index contributed by atoms with van der Waals surface area (Å²) in [6.45, 7) is 3.77. The Balaban J connectivity index is 2.18. The Morgan fingerprint density at radius 3 is 2.21 bits per heavy atom. The molecule has 6 nitrogen and oxygen atoms in total. The van der Waals surface area contributed by atoms with Crippen LogP contribution in [0.2, 0.25) is 10.0 Å². The van der Waals surface area contributed by atoms with Gasteiger partial charge in [-0.1, -0.05) is 29.3 Å². The van der Waals surface area contributed by atoms with E-state index in [-0.39, 0.29) is 25.0 Å². The number of nitrogens with zero attached hydrogens (tertiary/aromatic N) is 1. The molecule has 0 radical (unpaired) electrons. The molecule has 0 unspecified atom stereocenters. The van der Waals surface area contributed by atoms with Crippen molar-refractivity contribution >= 4 is 35.0 Å². The highest BCUT2D eigenvalue weighted by atomic mass is 35.5. The SMILES string of the molecule is CCNC(=O)[C@@H](C)N(Cc1c(Cl)cccc1Cl)C(=O)COc1ccc(OC)cc1. The fraction of sp³-hybridized carbons (Fsp3) is 0.333. The topological polar surface area (TPSA) is 67.9 Å². The molecule has 0 aliphatic carbocycles. The zero-order valence-corrected chi connectivity index (χ0v) is 18.1. The van der Waals surface area contributed by atoms with E-state index in [9.17, 15) is 9.59 Å². The molecule has 2 amide bonds. The lowest BCUT2D eigenvalue weighted by molar-refractivity contribution is -0.142. The lowest BCUT2D eigenvalue weighted by atomic mass is 10.1. The summed E-state index contributed by atoms with van der Waals surface area (Å²) in [5, 5.41) is 3.58. The summed E-state index contributed by atoms with van der Waals surface area (Å²) in [6, 6.07) is 11.3. The third kappa shape index (κ3) is 6.27. The zero-order valence-electron chi connectivity index (χ0n) is 16.6. The second kappa shape index (κ2) is 10.9. The van der Waals surface area contributed by atoms with Gasteiger partial charge in [0.15, 0.2) is 6.61 Å².